The Hall–Kier alpha value is -1.05. The first-order chi connectivity index (χ1) is 9.49. The third-order valence-corrected chi connectivity index (χ3v) is 4.57. The molecule has 5 nitrogen and oxygen atoms in total. The van der Waals surface area contributed by atoms with E-state index in [1.807, 2.05) is 36.5 Å². The average molecular weight is 316 g/mol. The Morgan fingerprint density at radius 2 is 2.10 bits per heavy atom. The topological polar surface area (TPSA) is 60.9 Å². The summed E-state index contributed by atoms with van der Waals surface area (Å²) in [7, 11) is 3.80. The van der Waals surface area contributed by atoms with E-state index in [-0.39, 0.29) is 12.5 Å². The molecule has 0 saturated heterocycles. The lowest BCUT2D eigenvalue weighted by Crippen LogP contribution is -2.40. The van der Waals surface area contributed by atoms with Gasteiger partial charge in [-0.25, -0.2) is 0 Å². The van der Waals surface area contributed by atoms with Gasteiger partial charge in [-0.3, -0.25) is 9.59 Å². The fourth-order valence-electron chi connectivity index (χ4n) is 1.50. The number of amides is 1. The van der Waals surface area contributed by atoms with Gasteiger partial charge in [-0.15, -0.1) is 23.1 Å². The van der Waals surface area contributed by atoms with Crippen LogP contribution in [0.15, 0.2) is 17.5 Å². The molecule has 1 N–H and O–H groups in total. The van der Waals surface area contributed by atoms with Crippen molar-refractivity contribution in [1.29, 1.82) is 0 Å². The molecule has 0 spiro atoms. The van der Waals surface area contributed by atoms with E-state index in [1.165, 1.54) is 21.5 Å². The Morgan fingerprint density at radius 3 is 2.65 bits per heavy atom. The normalized spacial score (nSPS) is 10.8. The summed E-state index contributed by atoms with van der Waals surface area (Å²) < 4.78 is 0. The second kappa shape index (κ2) is 8.99. The van der Waals surface area contributed by atoms with E-state index in [0.717, 1.165) is 5.75 Å². The minimum Gasteiger partial charge on any atom is -0.480 e. The quantitative estimate of drug-likeness (QED) is 0.747. The number of rotatable bonds is 9. The Morgan fingerprint density at radius 1 is 1.35 bits per heavy atom. The summed E-state index contributed by atoms with van der Waals surface area (Å²) in [4.78, 5) is 27.4. The number of carbonyl (C=O) groups is 2. The van der Waals surface area contributed by atoms with Gasteiger partial charge in [-0.05, 0) is 25.5 Å². The zero-order valence-corrected chi connectivity index (χ0v) is 13.4. The van der Waals surface area contributed by atoms with Gasteiger partial charge in [0, 0.05) is 23.7 Å². The molecule has 0 unspecified atom stereocenters. The van der Waals surface area contributed by atoms with Crippen molar-refractivity contribution in [3.8, 4) is 0 Å². The molecule has 7 heteroatoms. The van der Waals surface area contributed by atoms with Crippen molar-refractivity contribution >= 4 is 35.0 Å². The summed E-state index contributed by atoms with van der Waals surface area (Å²) in [5.41, 5.74) is 0. The molecule has 0 bridgehead atoms. The number of thioether (sulfide) groups is 1. The van der Waals surface area contributed by atoms with E-state index < -0.39 is 5.97 Å². The second-order valence-corrected chi connectivity index (χ2v) is 6.60. The fourth-order valence-corrected chi connectivity index (χ4v) is 3.27. The van der Waals surface area contributed by atoms with Gasteiger partial charge in [-0.1, -0.05) is 6.07 Å². The summed E-state index contributed by atoms with van der Waals surface area (Å²) in [6, 6.07) is 4.01. The lowest BCUT2D eigenvalue weighted by molar-refractivity contribution is -0.143. The number of nitrogens with zero attached hydrogens (tertiary/aromatic N) is 2. The molecule has 1 aromatic heterocycles. The highest BCUT2D eigenvalue weighted by atomic mass is 32.2. The maximum atomic E-state index is 12.0. The molecule has 1 aromatic rings. The third kappa shape index (κ3) is 6.93. The van der Waals surface area contributed by atoms with Crippen LogP contribution in [0.5, 0.6) is 0 Å². The predicted molar refractivity (Wildman–Crippen MR) is 83.3 cm³/mol. The minimum absolute atomic E-state index is 0.115. The highest BCUT2D eigenvalue weighted by Gasteiger charge is 2.16. The van der Waals surface area contributed by atoms with E-state index in [0.29, 0.717) is 18.8 Å². The molecule has 0 aliphatic heterocycles. The largest absolute Gasteiger partial charge is 0.480 e. The van der Waals surface area contributed by atoms with Crippen LogP contribution in [0.1, 0.15) is 4.88 Å². The van der Waals surface area contributed by atoms with Crippen LogP contribution in [0.4, 0.5) is 0 Å². The van der Waals surface area contributed by atoms with Crippen molar-refractivity contribution < 1.29 is 14.7 Å². The van der Waals surface area contributed by atoms with Crippen molar-refractivity contribution in [2.75, 3.05) is 39.5 Å². The molecule has 1 heterocycles. The standard InChI is InChI=1S/C13H20N2O3S2/c1-14(2)5-6-15(8-13(17)18)12(16)10-19-9-11-4-3-7-20-11/h3-4,7H,5-6,8-10H2,1-2H3,(H,17,18). The summed E-state index contributed by atoms with van der Waals surface area (Å²) in [6.45, 7) is 0.874. The third-order valence-electron chi connectivity index (χ3n) is 2.55. The van der Waals surface area contributed by atoms with Crippen molar-refractivity contribution in [2.24, 2.45) is 0 Å². The van der Waals surface area contributed by atoms with E-state index in [2.05, 4.69) is 0 Å². The molecule has 112 valence electrons. The van der Waals surface area contributed by atoms with E-state index in [4.69, 9.17) is 5.11 Å². The van der Waals surface area contributed by atoms with Gasteiger partial charge < -0.3 is 14.9 Å². The number of aliphatic carboxylic acids is 1. The SMILES string of the molecule is CN(C)CCN(CC(=O)O)C(=O)CSCc1cccs1. The number of thiophene rings is 1. The van der Waals surface area contributed by atoms with Gasteiger partial charge in [-0.2, -0.15) is 0 Å². The summed E-state index contributed by atoms with van der Waals surface area (Å²) >= 11 is 3.18. The van der Waals surface area contributed by atoms with Gasteiger partial charge in [0.2, 0.25) is 5.91 Å². The zero-order chi connectivity index (χ0) is 15.0. The predicted octanol–water partition coefficient (Wildman–Crippen LogP) is 1.46. The first kappa shape index (κ1) is 17.0. The molecule has 1 amide bonds. The number of hydrogen-bond acceptors (Lipinski definition) is 5. The van der Waals surface area contributed by atoms with Crippen molar-refractivity contribution in [2.45, 2.75) is 5.75 Å². The first-order valence-corrected chi connectivity index (χ1v) is 8.27. The van der Waals surface area contributed by atoms with Gasteiger partial charge in [0.1, 0.15) is 6.54 Å². The molecule has 0 saturated carbocycles. The maximum absolute atomic E-state index is 12.0. The molecule has 1 rings (SSSR count). The fraction of sp³-hybridized carbons (Fsp3) is 0.538. The van der Waals surface area contributed by atoms with E-state index in [9.17, 15) is 9.59 Å². The number of likely N-dealkylation sites (N-methyl/N-ethyl adjacent to an activating group) is 1. The monoisotopic (exact) mass is 316 g/mol. The van der Waals surface area contributed by atoms with Crippen molar-refractivity contribution in [3.63, 3.8) is 0 Å². The first-order valence-electron chi connectivity index (χ1n) is 6.23. The number of carbonyl (C=O) groups excluding carboxylic acids is 1. The second-order valence-electron chi connectivity index (χ2n) is 4.58. The lowest BCUT2D eigenvalue weighted by Gasteiger charge is -2.22. The molecule has 0 aromatic carbocycles. The van der Waals surface area contributed by atoms with Crippen LogP contribution >= 0.6 is 23.1 Å². The molecule has 0 aliphatic rings. The highest BCUT2D eigenvalue weighted by Crippen LogP contribution is 2.17. The van der Waals surface area contributed by atoms with Crippen LogP contribution < -0.4 is 0 Å². The number of hydrogen-bond donors (Lipinski definition) is 1. The summed E-state index contributed by atoms with van der Waals surface area (Å²) in [5.74, 6) is 0.0209. The van der Waals surface area contributed by atoms with Gasteiger partial charge in [0.25, 0.3) is 0 Å². The van der Waals surface area contributed by atoms with Crippen LogP contribution in [-0.2, 0) is 15.3 Å². The van der Waals surface area contributed by atoms with Crippen LogP contribution in [0.2, 0.25) is 0 Å². The molecule has 0 fully saturated rings. The summed E-state index contributed by atoms with van der Waals surface area (Å²) in [5, 5.41) is 10.9. The van der Waals surface area contributed by atoms with Gasteiger partial charge in [0.15, 0.2) is 0 Å². The number of carboxylic acids is 1. The van der Waals surface area contributed by atoms with Crippen LogP contribution in [0.3, 0.4) is 0 Å². The smallest absolute Gasteiger partial charge is 0.323 e. The van der Waals surface area contributed by atoms with Crippen LogP contribution in [0, 0.1) is 0 Å². The Balaban J connectivity index is 2.38. The van der Waals surface area contributed by atoms with E-state index in [1.54, 1.807) is 11.3 Å². The van der Waals surface area contributed by atoms with Gasteiger partial charge >= 0.3 is 5.97 Å². The maximum Gasteiger partial charge on any atom is 0.323 e. The van der Waals surface area contributed by atoms with Crippen molar-refractivity contribution in [3.05, 3.63) is 22.4 Å². The van der Waals surface area contributed by atoms with Gasteiger partial charge in [0.05, 0.1) is 5.75 Å². The number of carboxylic acid groups (broad SMARTS) is 1. The molecular weight excluding hydrogens is 296 g/mol. The van der Waals surface area contributed by atoms with Crippen molar-refractivity contribution in [1.82, 2.24) is 9.80 Å². The van der Waals surface area contributed by atoms with E-state index >= 15 is 0 Å². The average Bonchev–Trinajstić information content (AvgIpc) is 2.86. The molecule has 0 radical (unpaired) electrons. The zero-order valence-electron chi connectivity index (χ0n) is 11.7. The highest BCUT2D eigenvalue weighted by molar-refractivity contribution is 7.99. The summed E-state index contributed by atoms with van der Waals surface area (Å²) in [6.07, 6.45) is 0. The van der Waals surface area contributed by atoms with Crippen LogP contribution in [0.25, 0.3) is 0 Å². The molecular formula is C13H20N2O3S2. The lowest BCUT2D eigenvalue weighted by atomic mass is 10.4. The Kier molecular flexibility index (Phi) is 7.64. The minimum atomic E-state index is -0.972. The molecule has 0 aliphatic carbocycles. The Labute approximate surface area is 127 Å². The Bertz CT molecular complexity index is 421. The molecule has 20 heavy (non-hydrogen) atoms. The molecule has 0 atom stereocenters. The van der Waals surface area contributed by atoms with Crippen LogP contribution in [-0.4, -0.2) is 66.3 Å².